The first kappa shape index (κ1) is 21.2. The first-order chi connectivity index (χ1) is 15.4. The number of hydrogen-bond donors (Lipinski definition) is 0. The molecule has 5 heteroatoms. The van der Waals surface area contributed by atoms with Crippen LogP contribution in [0.25, 0.3) is 11.1 Å². The Morgan fingerprint density at radius 3 is 2.34 bits per heavy atom. The van der Waals surface area contributed by atoms with E-state index < -0.39 is 5.41 Å². The summed E-state index contributed by atoms with van der Waals surface area (Å²) in [6, 6.07) is 14.5. The molecule has 0 bridgehead atoms. The summed E-state index contributed by atoms with van der Waals surface area (Å²) in [6.45, 7) is 1.06. The van der Waals surface area contributed by atoms with E-state index in [9.17, 15) is 14.0 Å². The molecule has 2 aromatic rings. The Kier molecular flexibility index (Phi) is 5.11. The molecule has 1 saturated heterocycles. The summed E-state index contributed by atoms with van der Waals surface area (Å²) in [5.74, 6) is 0.175. The van der Waals surface area contributed by atoms with Crippen LogP contribution in [-0.4, -0.2) is 48.8 Å². The third-order valence-corrected chi connectivity index (χ3v) is 8.07. The molecule has 2 saturated carbocycles. The van der Waals surface area contributed by atoms with Crippen LogP contribution in [0.4, 0.5) is 4.39 Å². The summed E-state index contributed by atoms with van der Waals surface area (Å²) in [5, 5.41) is 0. The van der Waals surface area contributed by atoms with Gasteiger partial charge in [-0.2, -0.15) is 0 Å². The van der Waals surface area contributed by atoms with Gasteiger partial charge in [0.1, 0.15) is 5.82 Å². The van der Waals surface area contributed by atoms with Gasteiger partial charge in [0.25, 0.3) is 0 Å². The lowest BCUT2D eigenvalue weighted by Crippen LogP contribution is -2.45. The van der Waals surface area contributed by atoms with E-state index in [4.69, 9.17) is 0 Å². The molecule has 0 N–H and O–H groups in total. The van der Waals surface area contributed by atoms with E-state index in [-0.39, 0.29) is 29.0 Å². The van der Waals surface area contributed by atoms with Crippen molar-refractivity contribution in [3.05, 3.63) is 59.9 Å². The Balaban J connectivity index is 1.44. The highest BCUT2D eigenvalue weighted by Crippen LogP contribution is 2.66. The zero-order valence-corrected chi connectivity index (χ0v) is 18.9. The molecule has 1 aliphatic heterocycles. The van der Waals surface area contributed by atoms with Crippen molar-refractivity contribution < 1.29 is 14.0 Å². The van der Waals surface area contributed by atoms with Gasteiger partial charge >= 0.3 is 0 Å². The van der Waals surface area contributed by atoms with Crippen LogP contribution in [0.15, 0.2) is 48.5 Å². The number of amides is 2. The van der Waals surface area contributed by atoms with Crippen LogP contribution in [-0.2, 0) is 16.0 Å². The minimum Gasteiger partial charge on any atom is -0.348 e. The molecular formula is C27H31FN2O2. The molecule has 0 aromatic heterocycles. The minimum atomic E-state index is -0.678. The molecule has 2 aliphatic carbocycles. The van der Waals surface area contributed by atoms with Gasteiger partial charge < -0.3 is 9.80 Å². The van der Waals surface area contributed by atoms with Gasteiger partial charge in [0.15, 0.2) is 0 Å². The molecule has 168 valence electrons. The molecule has 2 amide bonds. The maximum Gasteiger partial charge on any atom is 0.230 e. The molecule has 1 heterocycles. The standard InChI is InChI=1S/C27H31FN2O2/c1-29(2)25(32)27(14-15-30(18-27)24(31)22-17-26(22)12-7-13-26)16-19-8-3-4-9-20(19)21-10-5-6-11-23(21)28/h3-6,8-11,22H,7,12-18H2,1-2H3. The van der Waals surface area contributed by atoms with Gasteiger partial charge in [-0.15, -0.1) is 0 Å². The van der Waals surface area contributed by atoms with Crippen LogP contribution in [0.1, 0.15) is 37.7 Å². The lowest BCUT2D eigenvalue weighted by atomic mass is 9.77. The smallest absolute Gasteiger partial charge is 0.230 e. The van der Waals surface area contributed by atoms with Crippen molar-refractivity contribution in [2.75, 3.05) is 27.2 Å². The molecule has 2 unspecified atom stereocenters. The normalized spacial score (nSPS) is 25.5. The number of carbonyl (C=O) groups excluding carboxylic acids is 2. The zero-order chi connectivity index (χ0) is 22.5. The van der Waals surface area contributed by atoms with Crippen molar-refractivity contribution >= 4 is 11.8 Å². The van der Waals surface area contributed by atoms with Crippen LogP contribution in [0.5, 0.6) is 0 Å². The van der Waals surface area contributed by atoms with Crippen molar-refractivity contribution in [1.82, 2.24) is 9.80 Å². The van der Waals surface area contributed by atoms with E-state index in [1.165, 1.54) is 25.3 Å². The largest absolute Gasteiger partial charge is 0.348 e. The molecule has 2 aromatic carbocycles. The third kappa shape index (κ3) is 3.42. The van der Waals surface area contributed by atoms with Crippen molar-refractivity contribution in [2.45, 2.75) is 38.5 Å². The molecule has 3 fully saturated rings. The molecule has 32 heavy (non-hydrogen) atoms. The Morgan fingerprint density at radius 2 is 1.72 bits per heavy atom. The summed E-state index contributed by atoms with van der Waals surface area (Å²) in [5.41, 5.74) is 1.92. The Morgan fingerprint density at radius 1 is 1.03 bits per heavy atom. The van der Waals surface area contributed by atoms with Crippen molar-refractivity contribution in [2.24, 2.45) is 16.7 Å². The number of hydrogen-bond acceptors (Lipinski definition) is 2. The number of halogens is 1. The highest BCUT2D eigenvalue weighted by Gasteiger charge is 2.62. The average molecular weight is 435 g/mol. The second-order valence-corrected chi connectivity index (χ2v) is 10.3. The number of nitrogens with zero attached hydrogens (tertiary/aromatic N) is 2. The van der Waals surface area contributed by atoms with Gasteiger partial charge in [-0.25, -0.2) is 4.39 Å². The predicted molar refractivity (Wildman–Crippen MR) is 122 cm³/mol. The predicted octanol–water partition coefficient (Wildman–Crippen LogP) is 4.53. The molecule has 4 nitrogen and oxygen atoms in total. The maximum atomic E-state index is 14.6. The van der Waals surface area contributed by atoms with E-state index in [2.05, 4.69) is 0 Å². The first-order valence-corrected chi connectivity index (χ1v) is 11.7. The van der Waals surface area contributed by atoms with Crippen molar-refractivity contribution in [3.63, 3.8) is 0 Å². The number of rotatable bonds is 5. The minimum absolute atomic E-state index is 0.0466. The molecule has 0 radical (unpaired) electrons. The fraction of sp³-hybridized carbons (Fsp3) is 0.481. The van der Waals surface area contributed by atoms with Crippen LogP contribution in [0.2, 0.25) is 0 Å². The lowest BCUT2D eigenvalue weighted by molar-refractivity contribution is -0.140. The lowest BCUT2D eigenvalue weighted by Gasteiger charge is -2.32. The van der Waals surface area contributed by atoms with E-state index in [0.717, 1.165) is 17.5 Å². The van der Waals surface area contributed by atoms with Crippen molar-refractivity contribution in [3.8, 4) is 11.1 Å². The van der Waals surface area contributed by atoms with Gasteiger partial charge in [0, 0.05) is 38.7 Å². The van der Waals surface area contributed by atoms with Gasteiger partial charge in [-0.3, -0.25) is 9.59 Å². The van der Waals surface area contributed by atoms with Crippen LogP contribution in [0.3, 0.4) is 0 Å². The average Bonchev–Trinajstić information content (AvgIpc) is 3.41. The molecule has 5 rings (SSSR count). The highest BCUT2D eigenvalue weighted by atomic mass is 19.1. The first-order valence-electron chi connectivity index (χ1n) is 11.7. The van der Waals surface area contributed by atoms with E-state index in [1.54, 1.807) is 31.1 Å². The van der Waals surface area contributed by atoms with Crippen LogP contribution >= 0.6 is 0 Å². The zero-order valence-electron chi connectivity index (χ0n) is 18.9. The maximum absolute atomic E-state index is 14.6. The van der Waals surface area contributed by atoms with Crippen molar-refractivity contribution in [1.29, 1.82) is 0 Å². The van der Waals surface area contributed by atoms with E-state index >= 15 is 0 Å². The fourth-order valence-corrected chi connectivity index (χ4v) is 6.01. The molecular weight excluding hydrogens is 403 g/mol. The SMILES string of the molecule is CN(C)C(=O)C1(Cc2ccccc2-c2ccccc2F)CCN(C(=O)C2CC23CCC3)C1. The monoisotopic (exact) mass is 434 g/mol. The van der Waals surface area contributed by atoms with Crippen LogP contribution in [0, 0.1) is 22.6 Å². The highest BCUT2D eigenvalue weighted by molar-refractivity contribution is 5.88. The quantitative estimate of drug-likeness (QED) is 0.694. The Hall–Kier alpha value is -2.69. The molecule has 1 spiro atoms. The summed E-state index contributed by atoms with van der Waals surface area (Å²) in [6.07, 6.45) is 5.74. The second-order valence-electron chi connectivity index (χ2n) is 10.3. The fourth-order valence-electron chi connectivity index (χ4n) is 6.01. The summed E-state index contributed by atoms with van der Waals surface area (Å²) in [4.78, 5) is 30.3. The molecule has 2 atom stereocenters. The van der Waals surface area contributed by atoms with Gasteiger partial charge in [-0.05, 0) is 54.7 Å². The number of benzene rings is 2. The second kappa shape index (κ2) is 7.72. The van der Waals surface area contributed by atoms with Gasteiger partial charge in [0.2, 0.25) is 11.8 Å². The molecule has 3 aliphatic rings. The summed E-state index contributed by atoms with van der Waals surface area (Å²) >= 11 is 0. The number of likely N-dealkylation sites (tertiary alicyclic amines) is 1. The summed E-state index contributed by atoms with van der Waals surface area (Å²) < 4.78 is 14.6. The van der Waals surface area contributed by atoms with E-state index in [1.807, 2.05) is 35.2 Å². The van der Waals surface area contributed by atoms with Crippen LogP contribution < -0.4 is 0 Å². The topological polar surface area (TPSA) is 40.6 Å². The summed E-state index contributed by atoms with van der Waals surface area (Å²) in [7, 11) is 3.56. The third-order valence-electron chi connectivity index (χ3n) is 8.07. The Labute approximate surface area is 189 Å². The number of carbonyl (C=O) groups is 2. The Bertz CT molecular complexity index is 1060. The van der Waals surface area contributed by atoms with E-state index in [0.29, 0.717) is 31.5 Å². The van der Waals surface area contributed by atoms with Gasteiger partial charge in [-0.1, -0.05) is 48.9 Å². The van der Waals surface area contributed by atoms with Gasteiger partial charge in [0.05, 0.1) is 5.41 Å².